The van der Waals surface area contributed by atoms with Gasteiger partial charge in [0.25, 0.3) is 0 Å². The van der Waals surface area contributed by atoms with Gasteiger partial charge < -0.3 is 10.4 Å². The number of hydrogen-bond acceptors (Lipinski definition) is 4. The van der Waals surface area contributed by atoms with Crippen molar-refractivity contribution in [2.45, 2.75) is 39.3 Å². The van der Waals surface area contributed by atoms with Crippen molar-refractivity contribution < 1.29 is 5.11 Å². The Labute approximate surface area is 118 Å². The van der Waals surface area contributed by atoms with Gasteiger partial charge in [-0.25, -0.2) is 4.98 Å². The summed E-state index contributed by atoms with van der Waals surface area (Å²) in [5.41, 5.74) is 2.10. The number of benzene rings is 1. The van der Waals surface area contributed by atoms with Crippen molar-refractivity contribution in [3.8, 4) is 5.75 Å². The van der Waals surface area contributed by atoms with E-state index >= 15 is 0 Å². The Morgan fingerprint density at radius 1 is 1.42 bits per heavy atom. The van der Waals surface area contributed by atoms with E-state index < -0.39 is 0 Å². The van der Waals surface area contributed by atoms with Gasteiger partial charge >= 0.3 is 0 Å². The van der Waals surface area contributed by atoms with Crippen LogP contribution in [-0.2, 0) is 0 Å². The molecule has 1 aromatic heterocycles. The van der Waals surface area contributed by atoms with Gasteiger partial charge in [0.05, 0.1) is 6.04 Å². The molecule has 4 heteroatoms. The Morgan fingerprint density at radius 2 is 2.21 bits per heavy atom. The van der Waals surface area contributed by atoms with Gasteiger partial charge in [0, 0.05) is 23.2 Å². The van der Waals surface area contributed by atoms with Crippen LogP contribution in [0.5, 0.6) is 5.75 Å². The molecule has 19 heavy (non-hydrogen) atoms. The van der Waals surface area contributed by atoms with Gasteiger partial charge in [-0.15, -0.1) is 11.3 Å². The molecule has 0 bridgehead atoms. The fraction of sp³-hybridized carbons (Fsp3) is 0.400. The standard InChI is InChI=1S/C15H20N2OS/c1-4-13(15-16-7-8-19-15)17-11(3)12-9-10(2)5-6-14(12)18/h5-9,11,13,17-18H,4H2,1-3H3. The Hall–Kier alpha value is -1.39. The van der Waals surface area contributed by atoms with Gasteiger partial charge in [-0.3, -0.25) is 0 Å². The van der Waals surface area contributed by atoms with Crippen molar-refractivity contribution in [2.24, 2.45) is 0 Å². The molecule has 1 aromatic carbocycles. The molecule has 2 N–H and O–H groups in total. The fourth-order valence-corrected chi connectivity index (χ4v) is 2.96. The molecule has 0 amide bonds. The second kappa shape index (κ2) is 6.17. The first-order valence-corrected chi connectivity index (χ1v) is 7.44. The van der Waals surface area contributed by atoms with Crippen LogP contribution < -0.4 is 5.32 Å². The van der Waals surface area contributed by atoms with Crippen molar-refractivity contribution in [3.63, 3.8) is 0 Å². The van der Waals surface area contributed by atoms with Crippen molar-refractivity contribution in [1.82, 2.24) is 10.3 Å². The predicted octanol–water partition coefficient (Wildman–Crippen LogP) is 3.96. The monoisotopic (exact) mass is 276 g/mol. The van der Waals surface area contributed by atoms with Crippen molar-refractivity contribution in [2.75, 3.05) is 0 Å². The lowest BCUT2D eigenvalue weighted by atomic mass is 10.0. The van der Waals surface area contributed by atoms with E-state index in [1.54, 1.807) is 17.4 Å². The van der Waals surface area contributed by atoms with E-state index in [2.05, 4.69) is 24.1 Å². The van der Waals surface area contributed by atoms with Crippen LogP contribution in [-0.4, -0.2) is 10.1 Å². The molecule has 3 nitrogen and oxygen atoms in total. The molecule has 0 aliphatic heterocycles. The van der Waals surface area contributed by atoms with Crippen LogP contribution in [0.2, 0.25) is 0 Å². The molecule has 2 aromatic rings. The Bertz CT molecular complexity index is 525. The van der Waals surface area contributed by atoms with Crippen molar-refractivity contribution >= 4 is 11.3 Å². The van der Waals surface area contributed by atoms with Crippen LogP contribution in [0.1, 0.15) is 48.5 Å². The highest BCUT2D eigenvalue weighted by Crippen LogP contribution is 2.28. The fourth-order valence-electron chi connectivity index (χ4n) is 2.18. The largest absolute Gasteiger partial charge is 0.508 e. The van der Waals surface area contributed by atoms with Crippen LogP contribution >= 0.6 is 11.3 Å². The Morgan fingerprint density at radius 3 is 2.84 bits per heavy atom. The average Bonchev–Trinajstić information content (AvgIpc) is 2.92. The summed E-state index contributed by atoms with van der Waals surface area (Å²) in [4.78, 5) is 4.37. The van der Waals surface area contributed by atoms with E-state index in [9.17, 15) is 5.11 Å². The van der Waals surface area contributed by atoms with Crippen LogP contribution in [0, 0.1) is 6.92 Å². The second-order valence-corrected chi connectivity index (χ2v) is 5.71. The number of aromatic nitrogens is 1. The summed E-state index contributed by atoms with van der Waals surface area (Å²) in [7, 11) is 0. The number of thiazole rings is 1. The maximum atomic E-state index is 9.97. The number of rotatable bonds is 5. The summed E-state index contributed by atoms with van der Waals surface area (Å²) in [6.45, 7) is 6.25. The first-order valence-electron chi connectivity index (χ1n) is 6.56. The summed E-state index contributed by atoms with van der Waals surface area (Å²) in [5, 5.41) is 16.6. The molecule has 0 saturated carbocycles. The Balaban J connectivity index is 2.15. The van der Waals surface area contributed by atoms with Gasteiger partial charge in [0.1, 0.15) is 10.8 Å². The van der Waals surface area contributed by atoms with Gasteiger partial charge in [-0.05, 0) is 26.3 Å². The normalized spacial score (nSPS) is 14.3. The number of hydrogen-bond donors (Lipinski definition) is 2. The first kappa shape index (κ1) is 14.0. The van der Waals surface area contributed by atoms with E-state index in [1.165, 1.54) is 0 Å². The van der Waals surface area contributed by atoms with E-state index in [-0.39, 0.29) is 12.1 Å². The summed E-state index contributed by atoms with van der Waals surface area (Å²) in [6, 6.07) is 6.03. The first-order chi connectivity index (χ1) is 9.11. The van der Waals surface area contributed by atoms with Crippen LogP contribution in [0.25, 0.3) is 0 Å². The lowest BCUT2D eigenvalue weighted by molar-refractivity contribution is 0.423. The summed E-state index contributed by atoms with van der Waals surface area (Å²) in [6.07, 6.45) is 2.81. The molecular weight excluding hydrogens is 256 g/mol. The minimum atomic E-state index is 0.0914. The number of nitrogens with one attached hydrogen (secondary N) is 1. The van der Waals surface area contributed by atoms with Gasteiger partial charge in [0.2, 0.25) is 0 Å². The van der Waals surface area contributed by atoms with Crippen molar-refractivity contribution in [3.05, 3.63) is 45.9 Å². The van der Waals surface area contributed by atoms with Crippen molar-refractivity contribution in [1.29, 1.82) is 0 Å². The van der Waals surface area contributed by atoms with Crippen LogP contribution in [0.3, 0.4) is 0 Å². The van der Waals surface area contributed by atoms with Gasteiger partial charge in [0.15, 0.2) is 0 Å². The maximum Gasteiger partial charge on any atom is 0.120 e. The molecule has 1 heterocycles. The third-order valence-electron chi connectivity index (χ3n) is 3.26. The SMILES string of the molecule is CCC(NC(C)c1cc(C)ccc1O)c1nccs1. The molecule has 0 saturated heterocycles. The molecule has 2 atom stereocenters. The molecule has 2 rings (SSSR count). The van der Waals surface area contributed by atoms with Gasteiger partial charge in [-0.2, -0.15) is 0 Å². The molecule has 0 fully saturated rings. The van der Waals surface area contributed by atoms with Gasteiger partial charge in [-0.1, -0.05) is 24.6 Å². The average molecular weight is 276 g/mol. The highest BCUT2D eigenvalue weighted by Gasteiger charge is 2.17. The maximum absolute atomic E-state index is 9.97. The third kappa shape index (κ3) is 3.33. The zero-order valence-electron chi connectivity index (χ0n) is 11.6. The van der Waals surface area contributed by atoms with Crippen LogP contribution in [0.15, 0.2) is 29.8 Å². The molecule has 102 valence electrons. The third-order valence-corrected chi connectivity index (χ3v) is 4.15. The molecular formula is C15H20N2OS. The molecule has 2 unspecified atom stereocenters. The second-order valence-electron chi connectivity index (χ2n) is 4.78. The smallest absolute Gasteiger partial charge is 0.120 e. The molecule has 0 radical (unpaired) electrons. The van der Waals surface area contributed by atoms with Crippen LogP contribution in [0.4, 0.5) is 0 Å². The van der Waals surface area contributed by atoms with E-state index in [0.29, 0.717) is 5.75 Å². The summed E-state index contributed by atoms with van der Waals surface area (Å²) in [5.74, 6) is 0.347. The topological polar surface area (TPSA) is 45.1 Å². The van der Waals surface area contributed by atoms with E-state index in [0.717, 1.165) is 22.6 Å². The number of aromatic hydroxyl groups is 1. The zero-order chi connectivity index (χ0) is 13.8. The van der Waals surface area contributed by atoms with E-state index in [4.69, 9.17) is 0 Å². The minimum Gasteiger partial charge on any atom is -0.508 e. The number of nitrogens with zero attached hydrogens (tertiary/aromatic N) is 1. The summed E-state index contributed by atoms with van der Waals surface area (Å²) >= 11 is 1.66. The molecule has 0 aliphatic rings. The lowest BCUT2D eigenvalue weighted by Gasteiger charge is -2.22. The van der Waals surface area contributed by atoms with E-state index in [1.807, 2.05) is 30.6 Å². The number of aryl methyl sites for hydroxylation is 1. The summed E-state index contributed by atoms with van der Waals surface area (Å²) < 4.78 is 0. The highest BCUT2D eigenvalue weighted by molar-refractivity contribution is 7.09. The lowest BCUT2D eigenvalue weighted by Crippen LogP contribution is -2.24. The highest BCUT2D eigenvalue weighted by atomic mass is 32.1. The number of phenolic OH excluding ortho intramolecular Hbond substituents is 1. The predicted molar refractivity (Wildman–Crippen MR) is 79.5 cm³/mol. The quantitative estimate of drug-likeness (QED) is 0.869. The number of phenols is 1. The Kier molecular flexibility index (Phi) is 4.56. The molecule has 0 spiro atoms. The minimum absolute atomic E-state index is 0.0914. The molecule has 0 aliphatic carbocycles. The zero-order valence-corrected chi connectivity index (χ0v) is 12.4.